The molecule has 2 aromatic heterocycles. The second-order valence-electron chi connectivity index (χ2n) is 9.39. The third kappa shape index (κ3) is 4.69. The summed E-state index contributed by atoms with van der Waals surface area (Å²) in [5, 5.41) is 12.5. The Kier molecular flexibility index (Phi) is 6.23. The number of hydrogen-bond donors (Lipinski definition) is 2. The molecular weight excluding hydrogens is 480 g/mol. The van der Waals surface area contributed by atoms with Gasteiger partial charge in [-0.05, 0) is 48.9 Å². The van der Waals surface area contributed by atoms with Crippen molar-refractivity contribution in [2.75, 3.05) is 36.5 Å². The number of nitriles is 1. The van der Waals surface area contributed by atoms with Crippen LogP contribution >= 0.6 is 0 Å². The molecule has 1 fully saturated rings. The number of nitrogens with zero attached hydrogens (tertiary/aromatic N) is 4. The van der Waals surface area contributed by atoms with Gasteiger partial charge >= 0.3 is 0 Å². The van der Waals surface area contributed by atoms with Gasteiger partial charge in [0.15, 0.2) is 0 Å². The summed E-state index contributed by atoms with van der Waals surface area (Å²) in [6, 6.07) is 19.4. The van der Waals surface area contributed by atoms with E-state index in [0.717, 1.165) is 64.0 Å². The Balaban J connectivity index is 1.27. The zero-order chi connectivity index (χ0) is 26.1. The Bertz CT molecular complexity index is 1600. The lowest BCUT2D eigenvalue weighted by Gasteiger charge is -2.29. The fourth-order valence-corrected chi connectivity index (χ4v) is 4.95. The van der Waals surface area contributed by atoms with Crippen LogP contribution in [0, 0.1) is 11.3 Å². The first-order valence-corrected chi connectivity index (χ1v) is 12.6. The molecule has 2 aromatic carbocycles. The lowest BCUT2D eigenvalue weighted by atomic mass is 9.96. The van der Waals surface area contributed by atoms with E-state index in [1.165, 1.54) is 0 Å². The van der Waals surface area contributed by atoms with Crippen LogP contribution < -0.4 is 20.5 Å². The van der Waals surface area contributed by atoms with Crippen molar-refractivity contribution in [1.29, 1.82) is 5.26 Å². The SMILES string of the molecule is CC(Nc1ccc2c(c1)Cc1cccc(-c3cc(N4CCOCC4)cc(=O)[nH]3)c1O2)c1ccnc(C#N)n1. The first-order valence-electron chi connectivity index (χ1n) is 12.6. The molecule has 0 amide bonds. The summed E-state index contributed by atoms with van der Waals surface area (Å²) < 4.78 is 11.9. The molecule has 1 unspecified atom stereocenters. The van der Waals surface area contributed by atoms with Gasteiger partial charge in [-0.3, -0.25) is 4.79 Å². The van der Waals surface area contributed by atoms with Gasteiger partial charge in [-0.2, -0.15) is 5.26 Å². The van der Waals surface area contributed by atoms with E-state index in [9.17, 15) is 4.79 Å². The number of para-hydroxylation sites is 1. The molecule has 9 heteroatoms. The standard InChI is InChI=1S/C29H26N6O3/c1-18(24-7-8-31-27(17-30)33-24)32-21-5-6-26-20(14-21)13-19-3-2-4-23(29(19)38-26)25-15-22(16-28(36)34-25)35-9-11-37-12-10-35/h2-8,14-16,18,32H,9-13H2,1H3,(H,34,36). The summed E-state index contributed by atoms with van der Waals surface area (Å²) in [5.41, 5.74) is 6.11. The summed E-state index contributed by atoms with van der Waals surface area (Å²) >= 11 is 0. The summed E-state index contributed by atoms with van der Waals surface area (Å²) in [5.74, 6) is 1.69. The molecule has 0 spiro atoms. The predicted molar refractivity (Wildman–Crippen MR) is 144 cm³/mol. The minimum absolute atomic E-state index is 0.109. The van der Waals surface area contributed by atoms with Crippen LogP contribution in [-0.2, 0) is 11.2 Å². The predicted octanol–water partition coefficient (Wildman–Crippen LogP) is 4.41. The van der Waals surface area contributed by atoms with Crippen LogP contribution in [0.15, 0.2) is 65.6 Å². The Morgan fingerprint density at radius 1 is 1.11 bits per heavy atom. The van der Waals surface area contributed by atoms with E-state index >= 15 is 0 Å². The number of hydrogen-bond acceptors (Lipinski definition) is 8. The van der Waals surface area contributed by atoms with Gasteiger partial charge in [0.1, 0.15) is 17.6 Å². The number of aromatic nitrogens is 3. The molecule has 0 saturated carbocycles. The van der Waals surface area contributed by atoms with Crippen LogP contribution in [0.25, 0.3) is 11.3 Å². The van der Waals surface area contributed by atoms with Gasteiger partial charge < -0.3 is 24.7 Å². The quantitative estimate of drug-likeness (QED) is 0.360. The van der Waals surface area contributed by atoms with E-state index in [-0.39, 0.29) is 17.4 Å². The number of benzene rings is 2. The number of morpholine rings is 1. The summed E-state index contributed by atoms with van der Waals surface area (Å²) in [4.78, 5) is 26.0. The van der Waals surface area contributed by atoms with Crippen LogP contribution in [0.1, 0.15) is 35.6 Å². The van der Waals surface area contributed by atoms with Crippen molar-refractivity contribution >= 4 is 11.4 Å². The normalized spacial score (nSPS) is 15.0. The van der Waals surface area contributed by atoms with Gasteiger partial charge in [0.05, 0.1) is 30.6 Å². The topological polar surface area (TPSA) is 116 Å². The number of nitrogens with one attached hydrogen (secondary N) is 2. The smallest absolute Gasteiger partial charge is 0.250 e. The van der Waals surface area contributed by atoms with Gasteiger partial charge in [0.25, 0.3) is 0 Å². The Morgan fingerprint density at radius 3 is 2.82 bits per heavy atom. The van der Waals surface area contributed by atoms with Crippen molar-refractivity contribution in [3.63, 3.8) is 0 Å². The number of ether oxygens (including phenoxy) is 2. The highest BCUT2D eigenvalue weighted by molar-refractivity contribution is 5.74. The minimum atomic E-state index is -0.145. The molecule has 1 saturated heterocycles. The summed E-state index contributed by atoms with van der Waals surface area (Å²) in [6.07, 6.45) is 2.29. The van der Waals surface area contributed by atoms with E-state index < -0.39 is 0 Å². The van der Waals surface area contributed by atoms with Crippen molar-refractivity contribution in [1.82, 2.24) is 15.0 Å². The van der Waals surface area contributed by atoms with Crippen LogP contribution in [0.3, 0.4) is 0 Å². The molecule has 2 N–H and O–H groups in total. The van der Waals surface area contributed by atoms with E-state index in [1.807, 2.05) is 43.3 Å². The van der Waals surface area contributed by atoms with Crippen molar-refractivity contribution in [2.24, 2.45) is 0 Å². The molecule has 0 bridgehead atoms. The molecule has 2 aliphatic rings. The molecule has 1 atom stereocenters. The molecule has 9 nitrogen and oxygen atoms in total. The Hall–Kier alpha value is -4.68. The highest BCUT2D eigenvalue weighted by atomic mass is 16.5. The molecule has 2 aliphatic heterocycles. The van der Waals surface area contributed by atoms with E-state index in [4.69, 9.17) is 14.7 Å². The maximum atomic E-state index is 12.6. The second-order valence-corrected chi connectivity index (χ2v) is 9.39. The molecular formula is C29H26N6O3. The van der Waals surface area contributed by atoms with E-state index in [0.29, 0.717) is 19.6 Å². The first kappa shape index (κ1) is 23.7. The number of anilines is 2. The lowest BCUT2D eigenvalue weighted by molar-refractivity contribution is 0.122. The number of H-pyrrole nitrogens is 1. The monoisotopic (exact) mass is 506 g/mol. The zero-order valence-corrected chi connectivity index (χ0v) is 20.9. The molecule has 4 aromatic rings. The van der Waals surface area contributed by atoms with E-state index in [2.05, 4.69) is 37.3 Å². The first-order chi connectivity index (χ1) is 18.6. The van der Waals surface area contributed by atoms with E-state index in [1.54, 1.807) is 18.3 Å². The molecule has 4 heterocycles. The zero-order valence-electron chi connectivity index (χ0n) is 20.9. The minimum Gasteiger partial charge on any atom is -0.456 e. The highest BCUT2D eigenvalue weighted by Crippen LogP contribution is 2.43. The largest absolute Gasteiger partial charge is 0.456 e. The number of fused-ring (bicyclic) bond motifs is 2. The van der Waals surface area contributed by atoms with Crippen molar-refractivity contribution < 1.29 is 9.47 Å². The highest BCUT2D eigenvalue weighted by Gasteiger charge is 2.23. The lowest BCUT2D eigenvalue weighted by Crippen LogP contribution is -2.36. The third-order valence-electron chi connectivity index (χ3n) is 6.85. The number of aromatic amines is 1. The average molecular weight is 507 g/mol. The molecule has 38 heavy (non-hydrogen) atoms. The Morgan fingerprint density at radius 2 is 1.97 bits per heavy atom. The second kappa shape index (κ2) is 10.00. The average Bonchev–Trinajstić information content (AvgIpc) is 2.96. The molecule has 0 aliphatic carbocycles. The molecule has 190 valence electrons. The van der Waals surface area contributed by atoms with Gasteiger partial charge in [-0.1, -0.05) is 12.1 Å². The van der Waals surface area contributed by atoms with Crippen LogP contribution in [0.5, 0.6) is 11.5 Å². The summed E-state index contributed by atoms with van der Waals surface area (Å²) in [6.45, 7) is 4.81. The van der Waals surface area contributed by atoms with Crippen LogP contribution in [-0.4, -0.2) is 41.3 Å². The van der Waals surface area contributed by atoms with Crippen LogP contribution in [0.2, 0.25) is 0 Å². The fraction of sp³-hybridized carbons (Fsp3) is 0.241. The summed E-state index contributed by atoms with van der Waals surface area (Å²) in [7, 11) is 0. The number of rotatable bonds is 5. The van der Waals surface area contributed by atoms with Gasteiger partial charge in [-0.25, -0.2) is 9.97 Å². The van der Waals surface area contributed by atoms with Crippen molar-refractivity contribution in [3.8, 4) is 28.8 Å². The van der Waals surface area contributed by atoms with Gasteiger partial charge in [0, 0.05) is 54.3 Å². The van der Waals surface area contributed by atoms with Crippen LogP contribution in [0.4, 0.5) is 11.4 Å². The molecule has 6 rings (SSSR count). The van der Waals surface area contributed by atoms with Crippen molar-refractivity contribution in [3.05, 3.63) is 93.8 Å². The Labute approximate surface area is 219 Å². The van der Waals surface area contributed by atoms with Gasteiger partial charge in [-0.15, -0.1) is 0 Å². The maximum absolute atomic E-state index is 12.6. The molecule has 0 radical (unpaired) electrons. The fourth-order valence-electron chi connectivity index (χ4n) is 4.95. The van der Waals surface area contributed by atoms with Gasteiger partial charge in [0.2, 0.25) is 11.4 Å². The third-order valence-corrected chi connectivity index (χ3v) is 6.85. The van der Waals surface area contributed by atoms with Crippen molar-refractivity contribution in [2.45, 2.75) is 19.4 Å². The number of pyridine rings is 1. The maximum Gasteiger partial charge on any atom is 0.250 e.